The molecule has 1 aromatic carbocycles. The number of carbonyl (C=O) groups excluding carboxylic acids is 3. The van der Waals surface area contributed by atoms with Crippen LogP contribution >= 0.6 is 0 Å². The lowest BCUT2D eigenvalue weighted by molar-refractivity contribution is -0.119. The van der Waals surface area contributed by atoms with E-state index in [4.69, 9.17) is 4.74 Å². The van der Waals surface area contributed by atoms with E-state index in [-0.39, 0.29) is 17.9 Å². The highest BCUT2D eigenvalue weighted by molar-refractivity contribution is 6.07. The van der Waals surface area contributed by atoms with E-state index in [0.717, 1.165) is 11.3 Å². The molecule has 0 aromatic heterocycles. The zero-order valence-electron chi connectivity index (χ0n) is 15.5. The molecule has 0 bridgehead atoms. The van der Waals surface area contributed by atoms with Crippen molar-refractivity contribution < 1.29 is 19.1 Å². The van der Waals surface area contributed by atoms with Crippen LogP contribution < -0.4 is 5.32 Å². The number of carbonyl (C=O) groups is 3. The third-order valence-electron chi connectivity index (χ3n) is 5.06. The van der Waals surface area contributed by atoms with Gasteiger partial charge >= 0.3 is 6.09 Å². The minimum atomic E-state index is -0.648. The number of nitrogens with zero attached hydrogens (tertiary/aromatic N) is 2. The van der Waals surface area contributed by atoms with Gasteiger partial charge in [-0.05, 0) is 51.0 Å². The molecule has 0 radical (unpaired) electrons. The van der Waals surface area contributed by atoms with Crippen molar-refractivity contribution in [3.05, 3.63) is 29.3 Å². The fourth-order valence-corrected chi connectivity index (χ4v) is 3.40. The number of fused-ring (bicyclic) bond motifs is 1. The van der Waals surface area contributed by atoms with Gasteiger partial charge in [0.2, 0.25) is 5.91 Å². The van der Waals surface area contributed by atoms with Crippen molar-refractivity contribution in [2.45, 2.75) is 32.6 Å². The molecule has 7 nitrogen and oxygen atoms in total. The van der Waals surface area contributed by atoms with Crippen molar-refractivity contribution in [1.29, 1.82) is 0 Å². The molecule has 3 amide bonds. The maximum absolute atomic E-state index is 12.9. The van der Waals surface area contributed by atoms with Gasteiger partial charge in [0.25, 0.3) is 5.91 Å². The maximum Gasteiger partial charge on any atom is 0.409 e. The number of benzene rings is 1. The number of amides is 3. The Morgan fingerprint density at radius 3 is 2.58 bits per heavy atom. The summed E-state index contributed by atoms with van der Waals surface area (Å²) in [4.78, 5) is 40.3. The highest BCUT2D eigenvalue weighted by Crippen LogP contribution is 2.37. The third-order valence-corrected chi connectivity index (χ3v) is 5.06. The average Bonchev–Trinajstić information content (AvgIpc) is 2.79. The molecular weight excluding hydrogens is 334 g/mol. The molecule has 2 aliphatic heterocycles. The summed E-state index contributed by atoms with van der Waals surface area (Å²) in [6.45, 7) is 7.92. The summed E-state index contributed by atoms with van der Waals surface area (Å²) in [6.07, 6.45) is 0.381. The first kappa shape index (κ1) is 18.2. The summed E-state index contributed by atoms with van der Waals surface area (Å²) >= 11 is 0. The minimum absolute atomic E-state index is 0.0584. The Morgan fingerprint density at radius 2 is 1.85 bits per heavy atom. The van der Waals surface area contributed by atoms with Gasteiger partial charge in [-0.25, -0.2) is 4.79 Å². The molecule has 1 saturated heterocycles. The maximum atomic E-state index is 12.9. The molecule has 0 saturated carbocycles. The van der Waals surface area contributed by atoms with E-state index in [1.807, 2.05) is 19.9 Å². The SMILES string of the molecule is CCOC(=O)N1CCCN(C(=O)c2ccc3c(c2)C(C)(C)C(=O)N3)CC1. The van der Waals surface area contributed by atoms with E-state index in [0.29, 0.717) is 44.8 Å². The normalized spacial score (nSPS) is 18.8. The molecule has 0 spiro atoms. The Morgan fingerprint density at radius 1 is 1.15 bits per heavy atom. The summed E-state index contributed by atoms with van der Waals surface area (Å²) in [7, 11) is 0. The standard InChI is InChI=1S/C19H25N3O4/c1-4-26-18(25)22-9-5-8-21(10-11-22)16(23)13-6-7-15-14(12-13)19(2,3)17(24)20-15/h6-7,12H,4-5,8-11H2,1-3H3,(H,20,24). The van der Waals surface area contributed by atoms with Crippen LogP contribution in [0.1, 0.15) is 43.1 Å². The average molecular weight is 359 g/mol. The molecule has 0 atom stereocenters. The first-order valence-corrected chi connectivity index (χ1v) is 9.01. The highest BCUT2D eigenvalue weighted by Gasteiger charge is 2.38. The molecule has 2 aliphatic rings. The fraction of sp³-hybridized carbons (Fsp3) is 0.526. The van der Waals surface area contributed by atoms with Crippen molar-refractivity contribution in [2.24, 2.45) is 0 Å². The van der Waals surface area contributed by atoms with Gasteiger partial charge in [0.05, 0.1) is 12.0 Å². The van der Waals surface area contributed by atoms with Gasteiger partial charge in [0.1, 0.15) is 0 Å². The molecule has 0 aliphatic carbocycles. The van der Waals surface area contributed by atoms with Crippen molar-refractivity contribution in [3.63, 3.8) is 0 Å². The Bertz CT molecular complexity index is 744. The number of rotatable bonds is 2. The Labute approximate surface area is 153 Å². The Hall–Kier alpha value is -2.57. The fourth-order valence-electron chi connectivity index (χ4n) is 3.40. The summed E-state index contributed by atoms with van der Waals surface area (Å²) in [5, 5.41) is 2.85. The lowest BCUT2D eigenvalue weighted by Gasteiger charge is -2.22. The number of hydrogen-bond acceptors (Lipinski definition) is 4. The van der Waals surface area contributed by atoms with Crippen molar-refractivity contribution >= 4 is 23.6 Å². The summed E-state index contributed by atoms with van der Waals surface area (Å²) in [5.41, 5.74) is 1.53. The zero-order valence-corrected chi connectivity index (χ0v) is 15.5. The first-order chi connectivity index (χ1) is 12.3. The van der Waals surface area contributed by atoms with Crippen LogP contribution in [0, 0.1) is 0 Å². The van der Waals surface area contributed by atoms with Crippen molar-refractivity contribution in [1.82, 2.24) is 9.80 Å². The van der Waals surface area contributed by atoms with Crippen LogP contribution in [0.25, 0.3) is 0 Å². The summed E-state index contributed by atoms with van der Waals surface area (Å²) in [6, 6.07) is 5.35. The third kappa shape index (κ3) is 3.25. The van der Waals surface area contributed by atoms with Crippen LogP contribution in [0.2, 0.25) is 0 Å². The van der Waals surface area contributed by atoms with Gasteiger partial charge in [-0.1, -0.05) is 0 Å². The quantitative estimate of drug-likeness (QED) is 0.878. The van der Waals surface area contributed by atoms with Crippen LogP contribution in [0.15, 0.2) is 18.2 Å². The molecule has 2 heterocycles. The topological polar surface area (TPSA) is 79.0 Å². The lowest BCUT2D eigenvalue weighted by atomic mass is 9.85. The van der Waals surface area contributed by atoms with Crippen LogP contribution in [0.5, 0.6) is 0 Å². The van der Waals surface area contributed by atoms with Gasteiger partial charge in [-0.3, -0.25) is 9.59 Å². The largest absolute Gasteiger partial charge is 0.450 e. The number of hydrogen-bond donors (Lipinski definition) is 1. The number of anilines is 1. The molecule has 0 unspecified atom stereocenters. The Kier molecular flexibility index (Phi) is 4.89. The van der Waals surface area contributed by atoms with E-state index in [9.17, 15) is 14.4 Å². The second kappa shape index (κ2) is 6.97. The smallest absolute Gasteiger partial charge is 0.409 e. The molecule has 3 rings (SSSR count). The second-order valence-electron chi connectivity index (χ2n) is 7.17. The van der Waals surface area contributed by atoms with Gasteiger partial charge in [0.15, 0.2) is 0 Å². The monoisotopic (exact) mass is 359 g/mol. The summed E-state index contributed by atoms with van der Waals surface area (Å²) < 4.78 is 5.05. The number of nitrogens with one attached hydrogen (secondary N) is 1. The number of ether oxygens (including phenoxy) is 1. The van der Waals surface area contributed by atoms with Gasteiger partial charge in [-0.2, -0.15) is 0 Å². The van der Waals surface area contributed by atoms with E-state index < -0.39 is 5.41 Å². The molecule has 1 aromatic rings. The van der Waals surface area contributed by atoms with Crippen molar-refractivity contribution in [2.75, 3.05) is 38.1 Å². The highest BCUT2D eigenvalue weighted by atomic mass is 16.6. The van der Waals surface area contributed by atoms with Crippen LogP contribution in [0.3, 0.4) is 0 Å². The molecule has 140 valence electrons. The predicted octanol–water partition coefficient (Wildman–Crippen LogP) is 2.22. The van der Waals surface area contributed by atoms with Crippen LogP contribution in [-0.4, -0.2) is 60.5 Å². The molecule has 1 fully saturated rings. The molecule has 26 heavy (non-hydrogen) atoms. The van der Waals surface area contributed by atoms with E-state index in [2.05, 4.69) is 5.32 Å². The lowest BCUT2D eigenvalue weighted by Crippen LogP contribution is -2.37. The summed E-state index contributed by atoms with van der Waals surface area (Å²) in [5.74, 6) is -0.134. The molecule has 7 heteroatoms. The first-order valence-electron chi connectivity index (χ1n) is 9.01. The van der Waals surface area contributed by atoms with E-state index >= 15 is 0 Å². The molecular formula is C19H25N3O4. The van der Waals surface area contributed by atoms with Crippen LogP contribution in [0.4, 0.5) is 10.5 Å². The van der Waals surface area contributed by atoms with Gasteiger partial charge in [-0.15, -0.1) is 0 Å². The van der Waals surface area contributed by atoms with Gasteiger partial charge < -0.3 is 19.9 Å². The zero-order chi connectivity index (χ0) is 18.9. The predicted molar refractivity (Wildman–Crippen MR) is 97.2 cm³/mol. The van der Waals surface area contributed by atoms with E-state index in [1.54, 1.807) is 28.9 Å². The minimum Gasteiger partial charge on any atom is -0.450 e. The second-order valence-corrected chi connectivity index (χ2v) is 7.17. The van der Waals surface area contributed by atoms with E-state index in [1.165, 1.54) is 0 Å². The van der Waals surface area contributed by atoms with Gasteiger partial charge in [0, 0.05) is 37.4 Å². The Balaban J connectivity index is 1.74. The van der Waals surface area contributed by atoms with Crippen molar-refractivity contribution in [3.8, 4) is 0 Å². The van der Waals surface area contributed by atoms with Crippen LogP contribution in [-0.2, 0) is 14.9 Å². The molecule has 1 N–H and O–H groups in total.